The normalized spacial score (nSPS) is 11.8. The monoisotopic (exact) mass is 1810 g/mol. The van der Waals surface area contributed by atoms with Crippen molar-refractivity contribution in [2.24, 2.45) is 0 Å². The van der Waals surface area contributed by atoms with E-state index in [9.17, 15) is 45.1 Å². The Bertz CT molecular complexity index is 2950. The van der Waals surface area contributed by atoms with Crippen molar-refractivity contribution in [2.45, 2.75) is 525 Å². The molecule has 17 heteroatoms. The number of allylic oxidation sites excluding steroid dienone is 8. The first-order valence-corrected chi connectivity index (χ1v) is 54.9. The Morgan fingerprint density at radius 1 is 0.224 bits per heavy atom. The van der Waals surface area contributed by atoms with E-state index in [0.29, 0.717) is 25.7 Å². The maximum Gasteiger partial charge on any atom is 2.00 e. The number of ether oxygens (including phenoxy) is 4. The van der Waals surface area contributed by atoms with E-state index in [0.717, 1.165) is 89.2 Å². The second-order valence-electron chi connectivity index (χ2n) is 35.6. The molecule has 2 rings (SSSR count). The number of hydrogen-bond acceptors (Lipinski definition) is 14. The summed E-state index contributed by atoms with van der Waals surface area (Å²) in [4.78, 5) is 50.7. The van der Waals surface area contributed by atoms with Crippen molar-refractivity contribution in [1.82, 2.24) is 0 Å². The first-order chi connectivity index (χ1) is 60.6. The summed E-state index contributed by atoms with van der Waals surface area (Å²) in [7, 11) is -10.0. The van der Waals surface area contributed by atoms with E-state index in [4.69, 9.17) is 18.9 Å². The second kappa shape index (κ2) is 92.2. The van der Waals surface area contributed by atoms with E-state index in [2.05, 4.69) is 76.3 Å². The van der Waals surface area contributed by atoms with Crippen molar-refractivity contribution in [3.63, 3.8) is 0 Å². The zero-order chi connectivity index (χ0) is 90.1. The summed E-state index contributed by atoms with van der Waals surface area (Å²) in [6.45, 7) is 9.48. The Balaban J connectivity index is 0.00000244. The topological polar surface area (TPSA) is 220 Å². The summed E-state index contributed by atoms with van der Waals surface area (Å²) < 4.78 is 93.9. The molecule has 0 saturated heterocycles. The van der Waals surface area contributed by atoms with E-state index in [1.165, 1.54) is 410 Å². The molecule has 0 radical (unpaired) electrons. The molecule has 0 spiro atoms. The van der Waals surface area contributed by atoms with Crippen LogP contribution >= 0.6 is 0 Å². The Morgan fingerprint density at radius 3 is 0.528 bits per heavy atom. The van der Waals surface area contributed by atoms with Gasteiger partial charge in [0.05, 0.1) is 58.5 Å². The average Bonchev–Trinajstić information content (AvgIpc) is 0.795. The SMILES string of the molecule is CCCC/C=C/CCCCCCCCCCCCCCCCCOC(=O)c1cccc(S(=O)(=O)[O-])c1C(=O)OCCCCCCCCCCCCCCCCC/C=C/CCCC.CCCC/C=C/CCCCCCCCCCCCCCCCCOC(=O)c1cccc(S(=O)(=O)[O-])c1C(=O)OCCCCCCCCCCCCCCCCC/C=C/CCCC.[Ca+2]. The molecule has 14 nitrogen and oxygen atoms in total. The number of hydrogen-bond donors (Lipinski definition) is 0. The van der Waals surface area contributed by atoms with Gasteiger partial charge in [0.1, 0.15) is 20.2 Å². The van der Waals surface area contributed by atoms with Crippen LogP contribution in [0.2, 0.25) is 0 Å². The van der Waals surface area contributed by atoms with Gasteiger partial charge in [-0.25, -0.2) is 36.0 Å². The summed E-state index contributed by atoms with van der Waals surface area (Å²) >= 11 is 0. The zero-order valence-corrected chi connectivity index (χ0v) is 84.7. The largest absolute Gasteiger partial charge is 2.00 e. The van der Waals surface area contributed by atoms with Crippen molar-refractivity contribution >= 4 is 81.9 Å². The molecule has 716 valence electrons. The van der Waals surface area contributed by atoms with Crippen LogP contribution in [0.3, 0.4) is 0 Å². The van der Waals surface area contributed by atoms with Crippen molar-refractivity contribution in [1.29, 1.82) is 0 Å². The molecule has 0 aliphatic rings. The van der Waals surface area contributed by atoms with Crippen LogP contribution < -0.4 is 0 Å². The third-order valence-electron chi connectivity index (χ3n) is 24.0. The van der Waals surface area contributed by atoms with Crippen molar-refractivity contribution < 1.29 is 64.1 Å². The Kier molecular flexibility index (Phi) is 89.5. The first kappa shape index (κ1) is 121. The fourth-order valence-corrected chi connectivity index (χ4v) is 17.5. The molecule has 0 atom stereocenters. The fraction of sp³-hybridized carbons (Fsp3) is 0.778. The van der Waals surface area contributed by atoms with Crippen LogP contribution in [0.1, 0.15) is 557 Å². The van der Waals surface area contributed by atoms with E-state index < -0.39 is 65.0 Å². The van der Waals surface area contributed by atoms with Gasteiger partial charge in [-0.2, -0.15) is 0 Å². The number of carbonyl (C=O) groups is 4. The van der Waals surface area contributed by atoms with E-state index in [1.807, 2.05) is 0 Å². The maximum atomic E-state index is 13.1. The molecule has 0 aliphatic heterocycles. The molecule has 2 aromatic rings. The molecule has 0 N–H and O–H groups in total. The summed E-state index contributed by atoms with van der Waals surface area (Å²) in [5.41, 5.74) is -1.54. The minimum atomic E-state index is -5.02. The Morgan fingerprint density at radius 2 is 0.368 bits per heavy atom. The smallest absolute Gasteiger partial charge is 0.744 e. The van der Waals surface area contributed by atoms with Gasteiger partial charge in [-0.05, 0) is 127 Å². The van der Waals surface area contributed by atoms with Crippen LogP contribution in [-0.2, 0) is 39.2 Å². The molecule has 0 aromatic heterocycles. The zero-order valence-electron chi connectivity index (χ0n) is 80.9. The maximum absolute atomic E-state index is 13.1. The van der Waals surface area contributed by atoms with Gasteiger partial charge in [-0.3, -0.25) is 0 Å². The number of esters is 4. The van der Waals surface area contributed by atoms with Gasteiger partial charge in [0.2, 0.25) is 0 Å². The van der Waals surface area contributed by atoms with Crippen LogP contribution in [0.25, 0.3) is 0 Å². The standard InChI is InChI=1S/2C54H94O7S.Ca/c2*1-3-5-7-9-11-13-15-17-19-21-23-25-27-29-31-33-35-37-39-41-43-48-60-53(55)50-46-45-47-51(62(57,58)59)52(50)54(56)61-49-44-42-40-38-36-34-32-30-28-26-24-22-20-18-16-14-12-10-8-6-4-2;/h2*9-12,45-47H,3-8,13-44,48-49H2,1-2H3,(H,57,58,59);/q;;+2/p-2/b2*11-9+,12-10+;. The van der Waals surface area contributed by atoms with Gasteiger partial charge in [-0.15, -0.1) is 0 Å². The minimum Gasteiger partial charge on any atom is -0.744 e. The van der Waals surface area contributed by atoms with E-state index in [-0.39, 0.29) is 75.3 Å². The number of carbonyl (C=O) groups excluding carboxylic acids is 4. The van der Waals surface area contributed by atoms with Gasteiger partial charge in [0.15, 0.2) is 0 Å². The van der Waals surface area contributed by atoms with Gasteiger partial charge in [0.25, 0.3) is 0 Å². The Hall–Kier alpha value is -3.64. The molecule has 0 saturated carbocycles. The molecule has 2 aromatic carbocycles. The van der Waals surface area contributed by atoms with Gasteiger partial charge >= 0.3 is 61.6 Å². The summed E-state index contributed by atoms with van der Waals surface area (Å²) in [5, 5.41) is 0. The van der Waals surface area contributed by atoms with Gasteiger partial charge in [-0.1, -0.05) is 474 Å². The van der Waals surface area contributed by atoms with Crippen LogP contribution in [0.5, 0.6) is 0 Å². The molecule has 0 unspecified atom stereocenters. The molecular weight excluding hydrogens is 1630 g/mol. The first-order valence-electron chi connectivity index (χ1n) is 52.1. The second-order valence-corrected chi connectivity index (χ2v) is 38.3. The van der Waals surface area contributed by atoms with E-state index in [1.54, 1.807) is 0 Å². The van der Waals surface area contributed by atoms with Crippen molar-refractivity contribution in [2.75, 3.05) is 26.4 Å². The van der Waals surface area contributed by atoms with Crippen LogP contribution in [0.4, 0.5) is 0 Å². The Labute approximate surface area is 798 Å². The number of rotatable bonds is 90. The van der Waals surface area contributed by atoms with Crippen LogP contribution in [-0.4, -0.2) is 114 Å². The molecule has 0 bridgehead atoms. The summed E-state index contributed by atoms with van der Waals surface area (Å²) in [6, 6.07) is 7.30. The quantitative estimate of drug-likeness (QED) is 0.0150. The predicted octanol–water partition coefficient (Wildman–Crippen LogP) is 33.4. The van der Waals surface area contributed by atoms with Crippen LogP contribution in [0.15, 0.2) is 94.8 Å². The number of unbranched alkanes of at least 4 members (excludes halogenated alkanes) is 68. The van der Waals surface area contributed by atoms with Gasteiger partial charge in [0, 0.05) is 0 Å². The summed E-state index contributed by atoms with van der Waals surface area (Å²) in [6.07, 6.45) is 112. The molecular formula is C108H186CaO14S2. The molecule has 0 fully saturated rings. The molecule has 0 amide bonds. The van der Waals surface area contributed by atoms with Crippen molar-refractivity contribution in [3.05, 3.63) is 107 Å². The average molecular weight is 1810 g/mol. The number of benzene rings is 2. The third-order valence-corrected chi connectivity index (χ3v) is 25.8. The van der Waals surface area contributed by atoms with Gasteiger partial charge < -0.3 is 28.1 Å². The predicted molar refractivity (Wildman–Crippen MR) is 526 cm³/mol. The van der Waals surface area contributed by atoms with E-state index >= 15 is 0 Å². The molecule has 125 heavy (non-hydrogen) atoms. The molecule has 0 aliphatic carbocycles. The molecule has 0 heterocycles. The third kappa shape index (κ3) is 76.6. The summed E-state index contributed by atoms with van der Waals surface area (Å²) in [5.74, 6) is -3.60. The van der Waals surface area contributed by atoms with Crippen LogP contribution in [0, 0.1) is 0 Å². The van der Waals surface area contributed by atoms with Crippen molar-refractivity contribution in [3.8, 4) is 0 Å². The fourth-order valence-electron chi connectivity index (χ4n) is 16.1. The minimum absolute atomic E-state index is 0.